The smallest absolute Gasteiger partial charge is 0.343 e. The van der Waals surface area contributed by atoms with Crippen molar-refractivity contribution in [3.63, 3.8) is 0 Å². The number of nitrogens with one attached hydrogen (secondary N) is 1. The van der Waals surface area contributed by atoms with Gasteiger partial charge in [0.2, 0.25) is 0 Å². The van der Waals surface area contributed by atoms with Gasteiger partial charge in [-0.05, 0) is 38.8 Å². The Bertz CT molecular complexity index is 1070. The molecule has 0 saturated heterocycles. The summed E-state index contributed by atoms with van der Waals surface area (Å²) >= 11 is 6.42. The Labute approximate surface area is 187 Å². The summed E-state index contributed by atoms with van der Waals surface area (Å²) < 4.78 is 6.91. The molecule has 0 aliphatic heterocycles. The number of aromatic nitrogens is 2. The summed E-state index contributed by atoms with van der Waals surface area (Å²) in [6, 6.07) is 15.8. The average Bonchev–Trinajstić information content (AvgIpc) is 3.01. The molecule has 1 amide bonds. The molecule has 7 heteroatoms. The summed E-state index contributed by atoms with van der Waals surface area (Å²) in [5.74, 6) is -1.05. The lowest BCUT2D eigenvalue weighted by Crippen LogP contribution is -2.35. The van der Waals surface area contributed by atoms with Crippen LogP contribution in [0.15, 0.2) is 48.5 Å². The van der Waals surface area contributed by atoms with Crippen molar-refractivity contribution >= 4 is 23.5 Å². The fourth-order valence-corrected chi connectivity index (χ4v) is 3.38. The molecule has 0 bridgehead atoms. The van der Waals surface area contributed by atoms with Gasteiger partial charge in [0.05, 0.1) is 12.2 Å². The Kier molecular flexibility index (Phi) is 7.13. The van der Waals surface area contributed by atoms with Gasteiger partial charge in [-0.2, -0.15) is 5.10 Å². The molecular formula is C24H26ClN3O3. The van der Waals surface area contributed by atoms with E-state index < -0.39 is 12.1 Å². The van der Waals surface area contributed by atoms with Crippen molar-refractivity contribution in [3.8, 4) is 0 Å². The summed E-state index contributed by atoms with van der Waals surface area (Å²) in [5.41, 5.74) is 4.91. The maximum atomic E-state index is 12.7. The Morgan fingerprint density at radius 3 is 2.13 bits per heavy atom. The molecule has 3 rings (SSSR count). The first-order valence-corrected chi connectivity index (χ1v) is 10.4. The van der Waals surface area contributed by atoms with E-state index in [1.165, 1.54) is 6.92 Å². The fraction of sp³-hybridized carbons (Fsp3) is 0.292. The highest BCUT2D eigenvalue weighted by atomic mass is 35.5. The predicted octanol–water partition coefficient (Wildman–Crippen LogP) is 4.37. The lowest BCUT2D eigenvalue weighted by molar-refractivity contribution is -0.129. The number of carbonyl (C=O) groups excluding carboxylic acids is 2. The van der Waals surface area contributed by atoms with E-state index >= 15 is 0 Å². The standard InChI is InChI=1S/C24H26ClN3O3/c1-15-5-9-19(10-6-15)13-26-23(29)18(4)31-24(30)21-17(3)27-28(22(21)25)14-20-11-7-16(2)8-12-20/h5-12,18H,13-14H2,1-4H3,(H,26,29)/t18-/m1/s1. The number of rotatable bonds is 7. The third-order valence-electron chi connectivity index (χ3n) is 4.96. The van der Waals surface area contributed by atoms with Crippen LogP contribution < -0.4 is 5.32 Å². The van der Waals surface area contributed by atoms with Crippen molar-refractivity contribution in [2.45, 2.75) is 46.9 Å². The Morgan fingerprint density at radius 2 is 1.55 bits per heavy atom. The second kappa shape index (κ2) is 9.79. The highest BCUT2D eigenvalue weighted by Gasteiger charge is 2.25. The van der Waals surface area contributed by atoms with Crippen LogP contribution >= 0.6 is 11.6 Å². The zero-order valence-electron chi connectivity index (χ0n) is 18.1. The first-order valence-electron chi connectivity index (χ1n) is 10.1. The molecule has 0 unspecified atom stereocenters. The van der Waals surface area contributed by atoms with Gasteiger partial charge in [0.15, 0.2) is 6.10 Å². The lowest BCUT2D eigenvalue weighted by atomic mass is 10.1. The minimum atomic E-state index is -0.964. The van der Waals surface area contributed by atoms with Crippen molar-refractivity contribution in [3.05, 3.63) is 87.2 Å². The maximum absolute atomic E-state index is 12.7. The second-order valence-electron chi connectivity index (χ2n) is 7.65. The molecule has 0 spiro atoms. The van der Waals surface area contributed by atoms with E-state index in [-0.39, 0.29) is 16.6 Å². The van der Waals surface area contributed by atoms with Crippen LogP contribution in [0.5, 0.6) is 0 Å². The number of hydrogen-bond donors (Lipinski definition) is 1. The van der Waals surface area contributed by atoms with Gasteiger partial charge in [0.1, 0.15) is 10.7 Å². The highest BCUT2D eigenvalue weighted by molar-refractivity contribution is 6.32. The minimum Gasteiger partial charge on any atom is -0.449 e. The molecule has 0 radical (unpaired) electrons. The molecule has 1 atom stereocenters. The Hall–Kier alpha value is -3.12. The monoisotopic (exact) mass is 439 g/mol. The van der Waals surface area contributed by atoms with E-state index in [0.717, 1.165) is 22.3 Å². The molecule has 6 nitrogen and oxygen atoms in total. The second-order valence-corrected chi connectivity index (χ2v) is 8.00. The van der Waals surface area contributed by atoms with Crippen LogP contribution in [-0.2, 0) is 22.6 Å². The molecule has 3 aromatic rings. The van der Waals surface area contributed by atoms with E-state index in [9.17, 15) is 9.59 Å². The Morgan fingerprint density at radius 1 is 1.00 bits per heavy atom. The Balaban J connectivity index is 1.62. The van der Waals surface area contributed by atoms with E-state index in [0.29, 0.717) is 18.8 Å². The predicted molar refractivity (Wildman–Crippen MR) is 120 cm³/mol. The van der Waals surface area contributed by atoms with Gasteiger partial charge in [-0.1, -0.05) is 71.3 Å². The third-order valence-corrected chi connectivity index (χ3v) is 5.35. The van der Waals surface area contributed by atoms with Crippen LogP contribution in [0.25, 0.3) is 0 Å². The summed E-state index contributed by atoms with van der Waals surface area (Å²) in [7, 11) is 0. The van der Waals surface area contributed by atoms with Gasteiger partial charge < -0.3 is 10.1 Å². The van der Waals surface area contributed by atoms with E-state index in [4.69, 9.17) is 16.3 Å². The third kappa shape index (κ3) is 5.73. The molecule has 162 valence electrons. The van der Waals surface area contributed by atoms with Crippen LogP contribution in [-0.4, -0.2) is 27.8 Å². The number of benzene rings is 2. The zero-order chi connectivity index (χ0) is 22.5. The fourth-order valence-electron chi connectivity index (χ4n) is 3.07. The molecular weight excluding hydrogens is 414 g/mol. The zero-order valence-corrected chi connectivity index (χ0v) is 18.9. The van der Waals surface area contributed by atoms with Crippen molar-refractivity contribution in [1.82, 2.24) is 15.1 Å². The topological polar surface area (TPSA) is 73.2 Å². The number of ether oxygens (including phenoxy) is 1. The minimum absolute atomic E-state index is 0.173. The number of amides is 1. The van der Waals surface area contributed by atoms with Gasteiger partial charge in [-0.3, -0.25) is 4.79 Å². The number of aryl methyl sites for hydroxylation is 3. The molecule has 1 N–H and O–H groups in total. The normalized spacial score (nSPS) is 11.8. The summed E-state index contributed by atoms with van der Waals surface area (Å²) in [6.45, 7) is 8.02. The van der Waals surface area contributed by atoms with Gasteiger partial charge in [-0.25, -0.2) is 9.48 Å². The summed E-state index contributed by atoms with van der Waals surface area (Å²) in [4.78, 5) is 25.0. The van der Waals surface area contributed by atoms with Crippen molar-refractivity contribution in [2.24, 2.45) is 0 Å². The van der Waals surface area contributed by atoms with E-state index in [2.05, 4.69) is 10.4 Å². The maximum Gasteiger partial charge on any atom is 0.343 e. The molecule has 2 aromatic carbocycles. The number of esters is 1. The van der Waals surface area contributed by atoms with E-state index in [1.54, 1.807) is 11.6 Å². The van der Waals surface area contributed by atoms with Crippen LogP contribution in [0, 0.1) is 20.8 Å². The SMILES string of the molecule is Cc1ccc(CNC(=O)[C@@H](C)OC(=O)c2c(C)nn(Cc3ccc(C)cc3)c2Cl)cc1. The van der Waals surface area contributed by atoms with E-state index in [1.807, 2.05) is 62.4 Å². The first-order chi connectivity index (χ1) is 14.7. The number of halogens is 1. The highest BCUT2D eigenvalue weighted by Crippen LogP contribution is 2.22. The quantitative estimate of drug-likeness (QED) is 0.555. The van der Waals surface area contributed by atoms with Crippen molar-refractivity contribution in [1.29, 1.82) is 0 Å². The largest absolute Gasteiger partial charge is 0.449 e. The van der Waals surface area contributed by atoms with Crippen LogP contribution in [0.1, 0.15) is 45.2 Å². The lowest BCUT2D eigenvalue weighted by Gasteiger charge is -2.13. The summed E-state index contributed by atoms with van der Waals surface area (Å²) in [5, 5.41) is 7.33. The van der Waals surface area contributed by atoms with Gasteiger partial charge in [0.25, 0.3) is 5.91 Å². The molecule has 0 fully saturated rings. The molecule has 0 aliphatic carbocycles. The first kappa shape index (κ1) is 22.6. The van der Waals surface area contributed by atoms with Gasteiger partial charge in [-0.15, -0.1) is 0 Å². The van der Waals surface area contributed by atoms with Crippen LogP contribution in [0.3, 0.4) is 0 Å². The molecule has 31 heavy (non-hydrogen) atoms. The molecule has 0 saturated carbocycles. The van der Waals surface area contributed by atoms with Gasteiger partial charge in [0, 0.05) is 6.54 Å². The van der Waals surface area contributed by atoms with Crippen LogP contribution in [0.4, 0.5) is 0 Å². The number of carbonyl (C=O) groups is 2. The molecule has 1 aromatic heterocycles. The summed E-state index contributed by atoms with van der Waals surface area (Å²) in [6.07, 6.45) is -0.964. The number of hydrogen-bond acceptors (Lipinski definition) is 4. The van der Waals surface area contributed by atoms with Crippen LogP contribution in [0.2, 0.25) is 5.15 Å². The average molecular weight is 440 g/mol. The van der Waals surface area contributed by atoms with Gasteiger partial charge >= 0.3 is 5.97 Å². The molecule has 0 aliphatic rings. The van der Waals surface area contributed by atoms with Crippen molar-refractivity contribution in [2.75, 3.05) is 0 Å². The van der Waals surface area contributed by atoms with Crippen molar-refractivity contribution < 1.29 is 14.3 Å². The molecule has 1 heterocycles. The number of nitrogens with zero attached hydrogens (tertiary/aromatic N) is 2.